The van der Waals surface area contributed by atoms with E-state index in [9.17, 15) is 17.6 Å². The lowest BCUT2D eigenvalue weighted by Gasteiger charge is -2.29. The van der Waals surface area contributed by atoms with Crippen LogP contribution in [0.15, 0.2) is 65.0 Å². The van der Waals surface area contributed by atoms with Gasteiger partial charge in [-0.1, -0.05) is 29.8 Å². The second-order valence-electron chi connectivity index (χ2n) is 6.72. The van der Waals surface area contributed by atoms with Crippen LogP contribution in [-0.2, 0) is 16.6 Å². The predicted octanol–water partition coefficient (Wildman–Crippen LogP) is 5.34. The van der Waals surface area contributed by atoms with Gasteiger partial charge in [0.1, 0.15) is 10.7 Å². The highest BCUT2D eigenvalue weighted by molar-refractivity contribution is 7.97. The molecule has 1 aliphatic rings. The van der Waals surface area contributed by atoms with Crippen LogP contribution in [0.25, 0.3) is 0 Å². The highest BCUT2D eigenvalue weighted by atomic mass is 35.5. The van der Waals surface area contributed by atoms with Crippen LogP contribution in [0.5, 0.6) is 0 Å². The third-order valence-corrected chi connectivity index (χ3v) is 7.61. The normalized spacial score (nSPS) is 16.6. The maximum Gasteiger partial charge on any atom is 0.270 e. The van der Waals surface area contributed by atoms with E-state index >= 15 is 0 Å². The minimum Gasteiger partial charge on any atom is -0.360 e. The molecule has 0 saturated carbocycles. The minimum atomic E-state index is -4.13. The Kier molecular flexibility index (Phi) is 5.40. The summed E-state index contributed by atoms with van der Waals surface area (Å²) in [6.45, 7) is 1.67. The quantitative estimate of drug-likeness (QED) is 0.532. The van der Waals surface area contributed by atoms with Crippen molar-refractivity contribution in [1.82, 2.24) is 0 Å². The van der Waals surface area contributed by atoms with Crippen molar-refractivity contribution in [3.05, 3.63) is 91.9 Å². The summed E-state index contributed by atoms with van der Waals surface area (Å²) in [4.78, 5) is 12.8. The van der Waals surface area contributed by atoms with Gasteiger partial charge in [-0.3, -0.25) is 9.10 Å². The molecule has 0 amide bonds. The van der Waals surface area contributed by atoms with Crippen LogP contribution in [0.2, 0.25) is 5.02 Å². The van der Waals surface area contributed by atoms with E-state index in [1.165, 1.54) is 21.7 Å². The van der Waals surface area contributed by atoms with E-state index in [0.717, 1.165) is 11.8 Å². The molecule has 4 rings (SSSR count). The van der Waals surface area contributed by atoms with Crippen molar-refractivity contribution in [2.24, 2.45) is 0 Å². The number of nitrogens with zero attached hydrogens (tertiary/aromatic N) is 1. The van der Waals surface area contributed by atoms with Gasteiger partial charge in [0, 0.05) is 16.9 Å². The number of fused-ring (bicyclic) bond motifs is 1. The molecule has 0 bridgehead atoms. The number of rotatable bonds is 4. The number of hydrogen-bond acceptors (Lipinski definition) is 5. The SMILES string of the molecule is Cc1ccc(N/C=C2/C(=O)c3sccc3N(Cc3ccc(Cl)cc3)S2(=O)=O)cc1F. The zero-order chi connectivity index (χ0) is 21.5. The lowest BCUT2D eigenvalue weighted by atomic mass is 10.2. The van der Waals surface area contributed by atoms with Gasteiger partial charge in [-0.15, -0.1) is 11.3 Å². The summed E-state index contributed by atoms with van der Waals surface area (Å²) in [5, 5.41) is 4.96. The van der Waals surface area contributed by atoms with E-state index in [1.54, 1.807) is 54.8 Å². The first kappa shape index (κ1) is 20.6. The number of nitrogens with one attached hydrogen (secondary N) is 1. The molecule has 0 fully saturated rings. The van der Waals surface area contributed by atoms with Crippen molar-refractivity contribution in [1.29, 1.82) is 0 Å². The van der Waals surface area contributed by atoms with Crippen LogP contribution in [0.1, 0.15) is 20.8 Å². The molecule has 1 aliphatic heterocycles. The lowest BCUT2D eigenvalue weighted by Crippen LogP contribution is -2.38. The number of hydrogen-bond donors (Lipinski definition) is 1. The Morgan fingerprint density at radius 2 is 1.90 bits per heavy atom. The highest BCUT2D eigenvalue weighted by Crippen LogP contribution is 2.39. The van der Waals surface area contributed by atoms with Gasteiger partial charge < -0.3 is 5.32 Å². The van der Waals surface area contributed by atoms with E-state index in [2.05, 4.69) is 5.32 Å². The van der Waals surface area contributed by atoms with Gasteiger partial charge in [-0.25, -0.2) is 12.8 Å². The van der Waals surface area contributed by atoms with Crippen molar-refractivity contribution < 1.29 is 17.6 Å². The molecule has 2 aromatic carbocycles. The van der Waals surface area contributed by atoms with Crippen molar-refractivity contribution in [3.63, 3.8) is 0 Å². The van der Waals surface area contributed by atoms with Crippen LogP contribution in [0.4, 0.5) is 15.8 Å². The van der Waals surface area contributed by atoms with Gasteiger partial charge >= 0.3 is 0 Å². The van der Waals surface area contributed by atoms with Crippen molar-refractivity contribution in [3.8, 4) is 0 Å². The average molecular weight is 463 g/mol. The number of anilines is 2. The fourth-order valence-electron chi connectivity index (χ4n) is 3.04. The van der Waals surface area contributed by atoms with Crippen LogP contribution >= 0.6 is 22.9 Å². The number of halogens is 2. The molecule has 9 heteroatoms. The van der Waals surface area contributed by atoms with Crippen LogP contribution in [-0.4, -0.2) is 14.2 Å². The number of aryl methyl sites for hydroxylation is 1. The highest BCUT2D eigenvalue weighted by Gasteiger charge is 2.41. The Labute approximate surface area is 182 Å². The van der Waals surface area contributed by atoms with Gasteiger partial charge in [0.2, 0.25) is 5.78 Å². The van der Waals surface area contributed by atoms with Crippen LogP contribution in [0, 0.1) is 12.7 Å². The molecule has 0 saturated heterocycles. The summed E-state index contributed by atoms with van der Waals surface area (Å²) in [5.41, 5.74) is 1.88. The third kappa shape index (κ3) is 3.74. The summed E-state index contributed by atoms with van der Waals surface area (Å²) in [6, 6.07) is 12.9. The average Bonchev–Trinajstić information content (AvgIpc) is 3.19. The number of benzene rings is 2. The summed E-state index contributed by atoms with van der Waals surface area (Å²) < 4.78 is 41.6. The van der Waals surface area contributed by atoms with Crippen LogP contribution < -0.4 is 9.62 Å². The second kappa shape index (κ2) is 7.86. The van der Waals surface area contributed by atoms with Crippen molar-refractivity contribution in [2.45, 2.75) is 13.5 Å². The second-order valence-corrected chi connectivity index (χ2v) is 9.90. The predicted molar refractivity (Wildman–Crippen MR) is 118 cm³/mol. The monoisotopic (exact) mass is 462 g/mol. The summed E-state index contributed by atoms with van der Waals surface area (Å²) in [7, 11) is -4.13. The largest absolute Gasteiger partial charge is 0.360 e. The van der Waals surface area contributed by atoms with Gasteiger partial charge in [-0.2, -0.15) is 0 Å². The molecule has 0 radical (unpaired) electrons. The molecule has 1 N–H and O–H groups in total. The van der Waals surface area contributed by atoms with E-state index in [-0.39, 0.29) is 6.54 Å². The Bertz CT molecular complexity index is 1270. The number of carbonyl (C=O) groups excluding carboxylic acids is 1. The zero-order valence-corrected chi connectivity index (χ0v) is 18.1. The van der Waals surface area contributed by atoms with E-state index in [1.807, 2.05) is 0 Å². The molecular weight excluding hydrogens is 447 g/mol. The van der Waals surface area contributed by atoms with Gasteiger partial charge in [-0.05, 0) is 53.8 Å². The molecule has 154 valence electrons. The number of allylic oxidation sites excluding steroid dienone is 1. The number of ketones is 1. The fourth-order valence-corrected chi connectivity index (χ4v) is 5.65. The fraction of sp³-hybridized carbons (Fsp3) is 0.0952. The van der Waals surface area contributed by atoms with Crippen molar-refractivity contribution >= 4 is 50.1 Å². The summed E-state index contributed by atoms with van der Waals surface area (Å²) in [6.07, 6.45) is 1.12. The Hall–Kier alpha value is -2.68. The van der Waals surface area contributed by atoms with Gasteiger partial charge in [0.15, 0.2) is 4.91 Å². The molecule has 0 aliphatic carbocycles. The molecular formula is C21H16ClFN2O3S2. The number of Topliss-reactive ketones (excluding diaryl/α,β-unsaturated/α-hetero) is 1. The van der Waals surface area contributed by atoms with Gasteiger partial charge in [0.25, 0.3) is 10.0 Å². The molecule has 5 nitrogen and oxygen atoms in total. The lowest BCUT2D eigenvalue weighted by molar-refractivity contribution is 0.104. The first-order chi connectivity index (χ1) is 14.3. The van der Waals surface area contributed by atoms with Crippen LogP contribution in [0.3, 0.4) is 0 Å². The number of carbonyl (C=O) groups is 1. The molecule has 2 heterocycles. The maximum atomic E-state index is 13.8. The van der Waals surface area contributed by atoms with E-state index < -0.39 is 26.5 Å². The number of thiophene rings is 1. The molecule has 30 heavy (non-hydrogen) atoms. The van der Waals surface area contributed by atoms with Crippen molar-refractivity contribution in [2.75, 3.05) is 9.62 Å². The molecule has 0 spiro atoms. The Balaban J connectivity index is 1.73. The summed E-state index contributed by atoms with van der Waals surface area (Å²) >= 11 is 7.09. The first-order valence-electron chi connectivity index (χ1n) is 8.89. The maximum absolute atomic E-state index is 13.8. The van der Waals surface area contributed by atoms with E-state index in [0.29, 0.717) is 26.8 Å². The Morgan fingerprint density at radius 3 is 2.60 bits per heavy atom. The molecule has 0 atom stereocenters. The smallest absolute Gasteiger partial charge is 0.270 e. The first-order valence-corrected chi connectivity index (χ1v) is 11.6. The Morgan fingerprint density at radius 1 is 1.17 bits per heavy atom. The molecule has 0 unspecified atom stereocenters. The number of sulfonamides is 1. The standard InChI is InChI=1S/C21H16ClFN2O3S2/c1-13-2-7-16(10-17(13)23)24-11-19-20(26)21-18(8-9-29-21)25(30(19,27)28)12-14-3-5-15(22)6-4-14/h2-11,24H,12H2,1H3/b19-11-. The van der Waals surface area contributed by atoms with E-state index in [4.69, 9.17) is 11.6 Å². The zero-order valence-electron chi connectivity index (χ0n) is 15.7. The molecule has 1 aromatic heterocycles. The third-order valence-electron chi connectivity index (χ3n) is 4.69. The van der Waals surface area contributed by atoms with Gasteiger partial charge in [0.05, 0.1) is 12.2 Å². The topological polar surface area (TPSA) is 66.5 Å². The minimum absolute atomic E-state index is 0.0486. The molecule has 3 aromatic rings. The summed E-state index contributed by atoms with van der Waals surface area (Å²) in [5.74, 6) is -1.02.